The van der Waals surface area contributed by atoms with Gasteiger partial charge in [0.15, 0.2) is 0 Å². The molecule has 1 atom stereocenters. The monoisotopic (exact) mass is 248 g/mol. The summed E-state index contributed by atoms with van der Waals surface area (Å²) in [6.07, 6.45) is 3.08. The summed E-state index contributed by atoms with van der Waals surface area (Å²) >= 11 is 0. The zero-order chi connectivity index (χ0) is 12.9. The van der Waals surface area contributed by atoms with Crippen molar-refractivity contribution in [2.75, 3.05) is 13.2 Å². The molecule has 0 aliphatic heterocycles. The predicted octanol–water partition coefficient (Wildman–Crippen LogP) is -0.977. The summed E-state index contributed by atoms with van der Waals surface area (Å²) in [4.78, 5) is 17.6. The van der Waals surface area contributed by atoms with Crippen LogP contribution in [0.25, 0.3) is 0 Å². The second-order valence-electron chi connectivity index (χ2n) is 3.54. The largest absolute Gasteiger partial charge is 0.394 e. The van der Waals surface area contributed by atoms with Crippen molar-refractivity contribution in [3.8, 4) is 0 Å². The fourth-order valence-electron chi connectivity index (χ4n) is 1.21. The van der Waals surface area contributed by atoms with E-state index in [-0.39, 0.29) is 6.42 Å². The van der Waals surface area contributed by atoms with Crippen LogP contribution < -0.4 is 11.1 Å². The third-order valence-corrected chi connectivity index (χ3v) is 2.17. The molecule has 1 heterocycles. The first-order valence-corrected chi connectivity index (χ1v) is 4.96. The Morgan fingerprint density at radius 3 is 2.88 bits per heavy atom. The van der Waals surface area contributed by atoms with Gasteiger partial charge in [-0.3, -0.25) is 4.79 Å². The summed E-state index contributed by atoms with van der Waals surface area (Å²) in [5, 5.41) is 11.0. The van der Waals surface area contributed by atoms with Crippen molar-refractivity contribution < 1.29 is 18.7 Å². The van der Waals surface area contributed by atoms with E-state index < -0.39 is 31.0 Å². The summed E-state index contributed by atoms with van der Waals surface area (Å²) in [5.41, 5.74) is 5.40. The molecule has 0 bridgehead atoms. The Kier molecular flexibility index (Phi) is 4.53. The number of hydrogen-bond donors (Lipinski definition) is 4. The molecule has 0 aromatic carbocycles. The lowest BCUT2D eigenvalue weighted by atomic mass is 10.1. The summed E-state index contributed by atoms with van der Waals surface area (Å²) < 4.78 is 25.8. The number of imidazole rings is 1. The zero-order valence-electron chi connectivity index (χ0n) is 8.99. The van der Waals surface area contributed by atoms with Crippen LogP contribution in [0.3, 0.4) is 0 Å². The Morgan fingerprint density at radius 1 is 1.71 bits per heavy atom. The number of carbonyl (C=O) groups is 1. The average molecular weight is 248 g/mol. The summed E-state index contributed by atoms with van der Waals surface area (Å²) in [7, 11) is 0. The molecule has 0 unspecified atom stereocenters. The van der Waals surface area contributed by atoms with Crippen molar-refractivity contribution >= 4 is 5.91 Å². The molecule has 0 aliphatic rings. The number of carbonyl (C=O) groups excluding carboxylic acids is 1. The van der Waals surface area contributed by atoms with E-state index in [4.69, 9.17) is 10.8 Å². The van der Waals surface area contributed by atoms with Gasteiger partial charge in [0, 0.05) is 18.3 Å². The molecule has 1 amide bonds. The Morgan fingerprint density at radius 2 is 2.41 bits per heavy atom. The number of nitrogens with zero attached hydrogens (tertiary/aromatic N) is 1. The molecule has 1 rings (SSSR count). The average Bonchev–Trinajstić information content (AvgIpc) is 2.80. The highest BCUT2D eigenvalue weighted by Gasteiger charge is 2.37. The first kappa shape index (κ1) is 13.5. The molecule has 0 aliphatic carbocycles. The Bertz CT molecular complexity index is 356. The number of aromatic nitrogens is 2. The van der Waals surface area contributed by atoms with Crippen molar-refractivity contribution in [1.29, 1.82) is 0 Å². The van der Waals surface area contributed by atoms with Gasteiger partial charge in [-0.15, -0.1) is 0 Å². The highest BCUT2D eigenvalue weighted by molar-refractivity contribution is 5.83. The number of rotatable bonds is 6. The molecular formula is C9H14F2N4O2. The minimum absolute atomic E-state index is 0.183. The van der Waals surface area contributed by atoms with Gasteiger partial charge >= 0.3 is 5.92 Å². The number of hydrogen-bond acceptors (Lipinski definition) is 4. The van der Waals surface area contributed by atoms with Crippen LogP contribution in [0.1, 0.15) is 5.69 Å². The number of amides is 1. The highest BCUT2D eigenvalue weighted by Crippen LogP contribution is 2.11. The maximum atomic E-state index is 12.9. The number of aromatic amines is 1. The van der Waals surface area contributed by atoms with Crippen LogP contribution >= 0.6 is 0 Å². The SMILES string of the molecule is NCC(F)(F)C(=O)N[C@H](CO)Cc1cnc[nH]1. The molecule has 6 nitrogen and oxygen atoms in total. The molecule has 8 heteroatoms. The van der Waals surface area contributed by atoms with Crippen LogP contribution in [-0.2, 0) is 11.2 Å². The van der Waals surface area contributed by atoms with E-state index in [9.17, 15) is 13.6 Å². The van der Waals surface area contributed by atoms with Gasteiger partial charge < -0.3 is 21.1 Å². The fraction of sp³-hybridized carbons (Fsp3) is 0.556. The topological polar surface area (TPSA) is 104 Å². The van der Waals surface area contributed by atoms with Gasteiger partial charge in [-0.05, 0) is 0 Å². The van der Waals surface area contributed by atoms with Crippen molar-refractivity contribution in [3.63, 3.8) is 0 Å². The first-order valence-electron chi connectivity index (χ1n) is 4.96. The number of aliphatic hydroxyl groups excluding tert-OH is 1. The van der Waals surface area contributed by atoms with Crippen molar-refractivity contribution in [3.05, 3.63) is 18.2 Å². The summed E-state index contributed by atoms with van der Waals surface area (Å²) in [5.74, 6) is -5.11. The lowest BCUT2D eigenvalue weighted by molar-refractivity contribution is -0.145. The molecule has 0 spiro atoms. The molecule has 0 fully saturated rings. The van der Waals surface area contributed by atoms with E-state index in [1.807, 2.05) is 5.32 Å². The Labute approximate surface area is 96.2 Å². The van der Waals surface area contributed by atoms with E-state index in [1.165, 1.54) is 12.5 Å². The number of halogens is 2. The maximum absolute atomic E-state index is 12.9. The van der Waals surface area contributed by atoms with Crippen molar-refractivity contribution in [2.45, 2.75) is 18.4 Å². The Hall–Kier alpha value is -1.54. The maximum Gasteiger partial charge on any atom is 0.336 e. The third kappa shape index (κ3) is 3.75. The lowest BCUT2D eigenvalue weighted by Crippen LogP contribution is -2.50. The molecule has 5 N–H and O–H groups in total. The quantitative estimate of drug-likeness (QED) is 0.519. The molecule has 96 valence electrons. The van der Waals surface area contributed by atoms with E-state index in [0.29, 0.717) is 5.69 Å². The lowest BCUT2D eigenvalue weighted by Gasteiger charge is -2.19. The highest BCUT2D eigenvalue weighted by atomic mass is 19.3. The van der Waals surface area contributed by atoms with E-state index in [0.717, 1.165) is 0 Å². The molecule has 17 heavy (non-hydrogen) atoms. The van der Waals surface area contributed by atoms with Crippen LogP contribution in [0.5, 0.6) is 0 Å². The van der Waals surface area contributed by atoms with Gasteiger partial charge in [0.1, 0.15) is 0 Å². The number of aliphatic hydroxyl groups is 1. The van der Waals surface area contributed by atoms with Crippen molar-refractivity contribution in [2.24, 2.45) is 5.73 Å². The van der Waals surface area contributed by atoms with Crippen molar-refractivity contribution in [1.82, 2.24) is 15.3 Å². The van der Waals surface area contributed by atoms with Gasteiger partial charge in [0.05, 0.1) is 25.5 Å². The third-order valence-electron chi connectivity index (χ3n) is 2.17. The number of nitrogens with two attached hydrogens (primary N) is 1. The van der Waals surface area contributed by atoms with Crippen LogP contribution in [0, 0.1) is 0 Å². The Balaban J connectivity index is 2.55. The standard InChI is InChI=1S/C9H14F2N4O2/c10-9(11,4-12)8(17)15-7(3-16)1-6-2-13-5-14-6/h2,5,7,16H,1,3-4,12H2,(H,13,14)(H,15,17)/t7-/m0/s1. The predicted molar refractivity (Wildman–Crippen MR) is 55.3 cm³/mol. The molecule has 1 aromatic rings. The second-order valence-corrected chi connectivity index (χ2v) is 3.54. The van der Waals surface area contributed by atoms with E-state index in [1.54, 1.807) is 0 Å². The molecule has 0 radical (unpaired) electrons. The molecular weight excluding hydrogens is 234 g/mol. The van der Waals surface area contributed by atoms with E-state index in [2.05, 4.69) is 9.97 Å². The van der Waals surface area contributed by atoms with Crippen LogP contribution in [0.15, 0.2) is 12.5 Å². The van der Waals surface area contributed by atoms with Crippen LogP contribution in [0.4, 0.5) is 8.78 Å². The normalized spacial score (nSPS) is 13.4. The molecule has 0 saturated heterocycles. The van der Waals surface area contributed by atoms with E-state index >= 15 is 0 Å². The molecule has 1 aromatic heterocycles. The van der Waals surface area contributed by atoms with Gasteiger partial charge in [0.2, 0.25) is 0 Å². The van der Waals surface area contributed by atoms with Gasteiger partial charge in [-0.1, -0.05) is 0 Å². The molecule has 0 saturated carbocycles. The van der Waals surface area contributed by atoms with Crippen LogP contribution in [-0.4, -0.2) is 46.1 Å². The smallest absolute Gasteiger partial charge is 0.336 e. The zero-order valence-corrected chi connectivity index (χ0v) is 8.99. The first-order chi connectivity index (χ1) is 7.99. The summed E-state index contributed by atoms with van der Waals surface area (Å²) in [6, 6.07) is -0.805. The fourth-order valence-corrected chi connectivity index (χ4v) is 1.21. The van der Waals surface area contributed by atoms with Crippen LogP contribution in [0.2, 0.25) is 0 Å². The number of H-pyrrole nitrogens is 1. The number of nitrogens with one attached hydrogen (secondary N) is 2. The van der Waals surface area contributed by atoms with Gasteiger partial charge in [-0.25, -0.2) is 4.98 Å². The van der Waals surface area contributed by atoms with Gasteiger partial charge in [0.25, 0.3) is 5.91 Å². The summed E-state index contributed by atoms with van der Waals surface area (Å²) in [6.45, 7) is -1.52. The number of alkyl halides is 2. The second kappa shape index (κ2) is 5.69. The minimum atomic E-state index is -3.62. The minimum Gasteiger partial charge on any atom is -0.394 e. The van der Waals surface area contributed by atoms with Gasteiger partial charge in [-0.2, -0.15) is 8.78 Å².